The number of H-pyrrole nitrogens is 1. The number of likely N-dealkylation sites (tertiary alicyclic amines) is 1. The van der Waals surface area contributed by atoms with Gasteiger partial charge in [0.1, 0.15) is 77.9 Å². The number of aliphatic hydroxyl groups excluding tert-OH is 4. The predicted molar refractivity (Wildman–Crippen MR) is 535 cm³/mol. The van der Waals surface area contributed by atoms with Crippen molar-refractivity contribution in [1.82, 2.24) is 66.9 Å². The van der Waals surface area contributed by atoms with Gasteiger partial charge in [-0.05, 0) is 162 Å². The van der Waals surface area contributed by atoms with Gasteiger partial charge >= 0.3 is 24.2 Å². The number of primary amides is 1. The Morgan fingerprint density at radius 2 is 1.42 bits per heavy atom. The van der Waals surface area contributed by atoms with Crippen LogP contribution in [-0.2, 0) is 78.2 Å². The summed E-state index contributed by atoms with van der Waals surface area (Å²) in [7, 11) is 5.82. The highest BCUT2D eigenvalue weighted by Gasteiger charge is 2.50. The molecule has 3 aliphatic rings. The van der Waals surface area contributed by atoms with E-state index in [2.05, 4.69) is 57.7 Å². The maximum atomic E-state index is 15.3. The molecule has 3 fully saturated rings. The molecule has 41 nitrogen and oxygen atoms in total. The van der Waals surface area contributed by atoms with E-state index in [0.29, 0.717) is 113 Å². The maximum absolute atomic E-state index is 15.3. The SMILES string of the molecule is CC[C@H](C)[C@@H]([C@@H](CC(=O)N1CCC[C@H]1[C@H](OC)[C@@H](C)C(=O)N[C@H](C)[C@@H](O)c1ccccc1)OC)N(C)C(=O)[C@@H](NC(=O)[C@H](C(C)C)N(C)C(=O)OCc1ccc(NC(=O)[C@H](CCCNC(N)=O)NC(=O)[C@@H](NC(=O)CCOCCC(=O)NCCNc2ncc(-c3cc(C)cc(F)c3)c(N3CCC(NC(=O)OC(C)(C)C)CC3)c2-c2nc3ccc(Cl)cc3[nH]2)C(C)C)c(O[C@@H]2O[C@H](C(=O)O)[C@@H](O)[C@H](O)[C@H]2O)c1)C(C)C. The lowest BCUT2D eigenvalue weighted by atomic mass is 9.89. The number of aliphatic hydroxyl groups is 4. The lowest BCUT2D eigenvalue weighted by Gasteiger charge is -2.41. The summed E-state index contributed by atoms with van der Waals surface area (Å²) in [5.41, 5.74) is 9.51. The van der Waals surface area contributed by atoms with E-state index in [0.717, 1.165) is 4.90 Å². The number of aromatic amines is 1. The predicted octanol–water partition coefficient (Wildman–Crippen LogP) is 8.09. The molecule has 9 rings (SSSR count). The number of aryl methyl sites for hydroxylation is 1. The molecule has 43 heteroatoms. The van der Waals surface area contributed by atoms with Crippen molar-refractivity contribution in [3.63, 3.8) is 0 Å². The van der Waals surface area contributed by atoms with Gasteiger partial charge in [-0.1, -0.05) is 123 Å². The van der Waals surface area contributed by atoms with Crippen LogP contribution >= 0.6 is 11.6 Å². The van der Waals surface area contributed by atoms with Crippen LogP contribution in [0.2, 0.25) is 5.02 Å². The average Bonchev–Trinajstić information content (AvgIpc) is 1.35. The smallest absolute Gasteiger partial charge is 0.410 e. The molecule has 0 saturated carbocycles. The fraction of sp³-hybridized carbons (Fsp3) is 0.584. The number of amides is 12. The molecule has 2 aromatic heterocycles. The number of piperidine rings is 1. The molecule has 17 N–H and O–H groups in total. The Morgan fingerprint density at radius 3 is 2.06 bits per heavy atom. The van der Waals surface area contributed by atoms with Crippen molar-refractivity contribution in [1.29, 1.82) is 0 Å². The number of carboxylic acids is 1. The van der Waals surface area contributed by atoms with Gasteiger partial charge in [0, 0.05) is 103 Å². The van der Waals surface area contributed by atoms with Gasteiger partial charge < -0.3 is 132 Å². The first-order chi connectivity index (χ1) is 68.1. The molecule has 17 atom stereocenters. The number of nitrogens with zero attached hydrogens (tertiary/aromatic N) is 6. The Hall–Kier alpha value is -12.2. The molecule has 144 heavy (non-hydrogen) atoms. The number of carbonyl (C=O) groups is 12. The van der Waals surface area contributed by atoms with Crippen LogP contribution in [0.4, 0.5) is 36.0 Å². The number of fused-ring (bicyclic) bond motifs is 1. The Kier molecular flexibility index (Phi) is 43.0. The number of likely N-dealkylation sites (N-methyl/N-ethyl adjacent to an activating group) is 2. The summed E-state index contributed by atoms with van der Waals surface area (Å²) in [5, 5.41) is 79.8. The van der Waals surface area contributed by atoms with Gasteiger partial charge in [-0.25, -0.2) is 33.5 Å². The Morgan fingerprint density at radius 1 is 0.736 bits per heavy atom. The molecule has 6 aromatic rings. The van der Waals surface area contributed by atoms with Crippen LogP contribution in [0.15, 0.2) is 91.1 Å². The van der Waals surface area contributed by atoms with E-state index >= 15 is 9.18 Å². The van der Waals surface area contributed by atoms with Crippen molar-refractivity contribution in [2.24, 2.45) is 35.3 Å². The number of hydrogen-bond donors (Lipinski definition) is 16. The van der Waals surface area contributed by atoms with Crippen LogP contribution in [-0.4, -0.2) is 304 Å². The van der Waals surface area contributed by atoms with Gasteiger partial charge in [-0.2, -0.15) is 0 Å². The van der Waals surface area contributed by atoms with E-state index in [9.17, 15) is 78.3 Å². The van der Waals surface area contributed by atoms with Gasteiger partial charge in [0.25, 0.3) is 0 Å². The van der Waals surface area contributed by atoms with Crippen LogP contribution in [0.1, 0.15) is 177 Å². The van der Waals surface area contributed by atoms with E-state index in [-0.39, 0.29) is 100.0 Å². The molecule has 792 valence electrons. The third-order valence-corrected chi connectivity index (χ3v) is 26.2. The number of aliphatic carboxylic acids is 1. The van der Waals surface area contributed by atoms with Gasteiger partial charge in [0.2, 0.25) is 53.5 Å². The number of benzene rings is 4. The number of methoxy groups -OCH3 is 2. The molecule has 0 aliphatic carbocycles. The fourth-order valence-electron chi connectivity index (χ4n) is 18.1. The standard InChI is InChI=1S/C101H145ClFN17O24/c1-19-57(9)81(73(138-17)50-76(123)120-40-24-28-71(120)87(139-18)58(10)91(128)109-59(11)83(124)61-25-21-20-22-26-61)117(15)95(132)79(54(4)5)116-94(131)80(55(6)7)118(16)100(137)141-52-60-29-31-68(72(47-60)142-97-86(127)84(125)85(126)88(143-97)96(133)134)113-92(129)69(27-23-37-107-98(104)135)114-93(130)78(53(2)3)115-75(122)36-44-140-43-35-74(121)105-38-39-106-89-77(90-111-67-32-30-63(102)49-70(67)112-90)82(66(51-108-89)62-45-56(8)46-64(103)48-62)119-41-33-65(34-42-119)110-99(136)144-101(12,13)14/h20-22,25-26,29-32,45-49,51,53-55,57-59,65,69,71,73,78-81,83-88,97,124-127H,19,23-24,27-28,33-44,50,52H2,1-18H3,(H,105,121)(H,106,108)(H,109,128)(H,110,136)(H,111,112)(H,113,129)(H,114,130)(H,115,122)(H,116,131)(H,133,134)(H3,104,107,135)/t57-,58+,59+,69-,71-,73+,78-,79-,80-,81-,83+,84-,85-,86+,87+,88-,97+/m0/s1. The van der Waals surface area contributed by atoms with Crippen molar-refractivity contribution < 1.29 is 121 Å². The first-order valence-corrected chi connectivity index (χ1v) is 49.3. The summed E-state index contributed by atoms with van der Waals surface area (Å²) >= 11 is 6.46. The highest BCUT2D eigenvalue weighted by Crippen LogP contribution is 2.45. The average molecular weight is 2040 g/mol. The minimum atomic E-state index is -2.17. The molecule has 0 bridgehead atoms. The third-order valence-electron chi connectivity index (χ3n) is 26.0. The van der Waals surface area contributed by atoms with Gasteiger partial charge in [0.05, 0.1) is 90.0 Å². The third kappa shape index (κ3) is 31.7. The summed E-state index contributed by atoms with van der Waals surface area (Å²) in [6, 6.07) is 14.5. The van der Waals surface area contributed by atoms with E-state index in [1.54, 1.807) is 144 Å². The zero-order valence-corrected chi connectivity index (χ0v) is 86.0. The van der Waals surface area contributed by atoms with Crippen molar-refractivity contribution in [3.05, 3.63) is 119 Å². The molecular formula is C101H145ClFN17O24. The van der Waals surface area contributed by atoms with E-state index in [1.165, 1.54) is 56.5 Å². The lowest BCUT2D eigenvalue weighted by molar-refractivity contribution is -0.271. The van der Waals surface area contributed by atoms with Crippen LogP contribution in [0.5, 0.6) is 5.75 Å². The molecule has 5 heterocycles. The van der Waals surface area contributed by atoms with Crippen LogP contribution < -0.4 is 63.2 Å². The molecule has 3 aliphatic heterocycles. The number of nitrogens with one attached hydrogen (secondary N) is 10. The molecule has 12 amide bonds. The Balaban J connectivity index is 0.824. The van der Waals surface area contributed by atoms with E-state index < -0.39 is 198 Å². The van der Waals surface area contributed by atoms with Crippen LogP contribution in [0, 0.1) is 42.3 Å². The molecule has 3 saturated heterocycles. The number of rotatable bonds is 49. The minimum Gasteiger partial charge on any atom is -0.479 e. The summed E-state index contributed by atoms with van der Waals surface area (Å²) in [6.07, 6.45) is -11.2. The lowest BCUT2D eigenvalue weighted by Crippen LogP contribution is -2.61. The summed E-state index contributed by atoms with van der Waals surface area (Å²) in [4.78, 5) is 186. The zero-order valence-electron chi connectivity index (χ0n) is 85.2. The van der Waals surface area contributed by atoms with Gasteiger partial charge in [-0.15, -0.1) is 0 Å². The first kappa shape index (κ1) is 115. The number of urea groups is 1. The second-order valence-corrected chi connectivity index (χ2v) is 39.5. The normalized spacial score (nSPS) is 19.0. The quantitative estimate of drug-likeness (QED) is 0.0160. The van der Waals surface area contributed by atoms with Crippen molar-refractivity contribution in [2.75, 3.05) is 96.3 Å². The van der Waals surface area contributed by atoms with E-state index in [4.69, 9.17) is 60.5 Å². The monoisotopic (exact) mass is 2030 g/mol. The number of hydrogen-bond acceptors (Lipinski definition) is 27. The largest absolute Gasteiger partial charge is 0.479 e. The highest BCUT2D eigenvalue weighted by atomic mass is 35.5. The number of carboxylic acid groups (broad SMARTS) is 1. The Bertz CT molecular complexity index is 5360. The zero-order chi connectivity index (χ0) is 106. The van der Waals surface area contributed by atoms with Crippen LogP contribution in [0.3, 0.4) is 0 Å². The highest BCUT2D eigenvalue weighted by molar-refractivity contribution is 6.31. The topological polar surface area (TPSA) is 559 Å². The number of imidazole rings is 1. The summed E-state index contributed by atoms with van der Waals surface area (Å²) in [5.74, 6) is -9.36. The van der Waals surface area contributed by atoms with Gasteiger partial charge in [-0.3, -0.25) is 43.3 Å². The number of aromatic nitrogens is 3. The van der Waals surface area contributed by atoms with Crippen molar-refractivity contribution in [2.45, 2.75) is 271 Å². The number of carbonyl (C=O) groups excluding carboxylic acids is 11. The molecular weight excluding hydrogens is 1890 g/mol. The summed E-state index contributed by atoms with van der Waals surface area (Å²) in [6.45, 7) is 25.1. The van der Waals surface area contributed by atoms with Crippen molar-refractivity contribution in [3.8, 4) is 28.3 Å². The van der Waals surface area contributed by atoms with Gasteiger partial charge in [0.15, 0.2) is 6.10 Å². The number of ether oxygens (including phenoxy) is 7. The maximum Gasteiger partial charge on any atom is 0.410 e. The molecule has 0 radical (unpaired) electrons. The van der Waals surface area contributed by atoms with E-state index in [1.807, 2.05) is 26.0 Å². The molecule has 4 aromatic carbocycles. The number of nitrogens with two attached hydrogens (primary N) is 1. The molecule has 0 spiro atoms. The second-order valence-electron chi connectivity index (χ2n) is 39.1. The first-order valence-electron chi connectivity index (χ1n) is 48.9. The second kappa shape index (κ2) is 53.6. The molecule has 0 unspecified atom stereocenters. The Labute approximate surface area is 843 Å². The number of pyridine rings is 1. The number of anilines is 3. The van der Waals surface area contributed by atoms with Crippen LogP contribution in [0.25, 0.3) is 33.5 Å². The fourth-order valence-corrected chi connectivity index (χ4v) is 18.3. The number of alkyl carbamates (subject to hydrolysis) is 1. The number of halogens is 2. The van der Waals surface area contributed by atoms with Crippen molar-refractivity contribution >= 4 is 111 Å². The minimum absolute atomic E-state index is 0.0164. The summed E-state index contributed by atoms with van der Waals surface area (Å²) < 4.78 is 56.0.